The Bertz CT molecular complexity index is 739. The number of hydrogen-bond acceptors (Lipinski definition) is 5. The Labute approximate surface area is 139 Å². The zero-order chi connectivity index (χ0) is 17.1. The lowest BCUT2D eigenvalue weighted by atomic mass is 10.1. The molecule has 2 amide bonds. The molecule has 1 atom stereocenters. The topological polar surface area (TPSA) is 84.7 Å². The van der Waals surface area contributed by atoms with Gasteiger partial charge in [-0.1, -0.05) is 5.16 Å². The summed E-state index contributed by atoms with van der Waals surface area (Å²) < 4.78 is 10.4. The van der Waals surface area contributed by atoms with Gasteiger partial charge in [-0.15, -0.1) is 0 Å². The Hall–Kier alpha value is -2.83. The van der Waals surface area contributed by atoms with Gasteiger partial charge in [0.25, 0.3) is 0 Å². The molecule has 0 aliphatic carbocycles. The molecule has 1 aliphatic heterocycles. The normalized spacial score (nSPS) is 17.2. The summed E-state index contributed by atoms with van der Waals surface area (Å²) in [6.45, 7) is 4.56. The van der Waals surface area contributed by atoms with E-state index in [2.05, 4.69) is 10.5 Å². The van der Waals surface area contributed by atoms with E-state index in [1.807, 2.05) is 6.92 Å². The smallest absolute Gasteiger partial charge is 0.229 e. The minimum absolute atomic E-state index is 0.129. The van der Waals surface area contributed by atoms with Crippen LogP contribution < -0.4 is 15.0 Å². The third kappa shape index (κ3) is 3.40. The first kappa shape index (κ1) is 16.0. The number of aromatic nitrogens is 1. The van der Waals surface area contributed by atoms with Crippen LogP contribution in [0, 0.1) is 12.8 Å². The minimum Gasteiger partial charge on any atom is -0.494 e. The summed E-state index contributed by atoms with van der Waals surface area (Å²) in [7, 11) is 0. The highest BCUT2D eigenvalue weighted by molar-refractivity contribution is 6.03. The van der Waals surface area contributed by atoms with Gasteiger partial charge in [-0.25, -0.2) is 0 Å². The van der Waals surface area contributed by atoms with Crippen LogP contribution in [-0.2, 0) is 9.59 Å². The van der Waals surface area contributed by atoms with Crippen LogP contribution in [0.4, 0.5) is 11.5 Å². The number of rotatable bonds is 5. The Morgan fingerprint density at radius 2 is 2.17 bits per heavy atom. The van der Waals surface area contributed by atoms with E-state index in [1.54, 1.807) is 37.3 Å². The summed E-state index contributed by atoms with van der Waals surface area (Å²) in [6, 6.07) is 8.83. The van der Waals surface area contributed by atoms with Crippen LogP contribution in [-0.4, -0.2) is 30.1 Å². The number of hydrogen-bond donors (Lipinski definition) is 1. The molecule has 0 radical (unpaired) electrons. The number of carbonyl (C=O) groups excluding carboxylic acids is 2. The molecule has 7 nitrogen and oxygen atoms in total. The molecule has 0 spiro atoms. The van der Waals surface area contributed by atoms with Crippen molar-refractivity contribution in [2.75, 3.05) is 23.4 Å². The Morgan fingerprint density at radius 1 is 1.42 bits per heavy atom. The molecule has 1 fully saturated rings. The molecule has 126 valence electrons. The van der Waals surface area contributed by atoms with Crippen LogP contribution in [0.1, 0.15) is 19.1 Å². The van der Waals surface area contributed by atoms with Crippen LogP contribution in [0.5, 0.6) is 5.75 Å². The number of ether oxygens (including phenoxy) is 1. The summed E-state index contributed by atoms with van der Waals surface area (Å²) in [5, 5.41) is 6.67. The molecular formula is C17H19N3O4. The lowest BCUT2D eigenvalue weighted by Crippen LogP contribution is -2.28. The van der Waals surface area contributed by atoms with E-state index in [0.717, 1.165) is 5.75 Å². The summed E-state index contributed by atoms with van der Waals surface area (Å²) in [5.41, 5.74) is 0.673. The Kier molecular flexibility index (Phi) is 4.50. The van der Waals surface area contributed by atoms with Gasteiger partial charge in [-0.3, -0.25) is 14.5 Å². The van der Waals surface area contributed by atoms with Gasteiger partial charge < -0.3 is 14.6 Å². The van der Waals surface area contributed by atoms with Crippen LogP contribution >= 0.6 is 0 Å². The van der Waals surface area contributed by atoms with E-state index in [0.29, 0.717) is 30.4 Å². The molecule has 0 saturated carbocycles. The number of amides is 2. The largest absolute Gasteiger partial charge is 0.494 e. The van der Waals surface area contributed by atoms with Crippen molar-refractivity contribution in [1.29, 1.82) is 0 Å². The highest BCUT2D eigenvalue weighted by Crippen LogP contribution is 2.26. The van der Waals surface area contributed by atoms with Crippen LogP contribution in [0.2, 0.25) is 0 Å². The molecule has 24 heavy (non-hydrogen) atoms. The van der Waals surface area contributed by atoms with Gasteiger partial charge in [-0.2, -0.15) is 0 Å². The molecule has 7 heteroatoms. The average Bonchev–Trinajstić information content (AvgIpc) is 3.15. The van der Waals surface area contributed by atoms with Gasteiger partial charge in [0.05, 0.1) is 12.5 Å². The van der Waals surface area contributed by atoms with E-state index < -0.39 is 5.92 Å². The monoisotopic (exact) mass is 329 g/mol. The van der Waals surface area contributed by atoms with Crippen molar-refractivity contribution in [3.8, 4) is 5.75 Å². The summed E-state index contributed by atoms with van der Waals surface area (Å²) in [4.78, 5) is 26.0. The fraction of sp³-hybridized carbons (Fsp3) is 0.353. The predicted octanol–water partition coefficient (Wildman–Crippen LogP) is 2.37. The molecule has 1 aromatic carbocycles. The van der Waals surface area contributed by atoms with Crippen molar-refractivity contribution in [3.05, 3.63) is 36.1 Å². The lowest BCUT2D eigenvalue weighted by molar-refractivity contribution is -0.122. The number of carbonyl (C=O) groups is 2. The number of nitrogens with zero attached hydrogens (tertiary/aromatic N) is 2. The molecule has 1 unspecified atom stereocenters. The maximum Gasteiger partial charge on any atom is 0.229 e. The molecule has 2 heterocycles. The third-order valence-corrected chi connectivity index (χ3v) is 3.82. The molecule has 2 aromatic rings. The molecule has 1 aliphatic rings. The number of nitrogens with one attached hydrogen (secondary N) is 1. The van der Waals surface area contributed by atoms with E-state index in [1.165, 1.54) is 4.90 Å². The van der Waals surface area contributed by atoms with E-state index in [4.69, 9.17) is 9.26 Å². The summed E-state index contributed by atoms with van der Waals surface area (Å²) in [6.07, 6.45) is 0.161. The van der Waals surface area contributed by atoms with Gasteiger partial charge in [0.2, 0.25) is 11.8 Å². The van der Waals surface area contributed by atoms with Gasteiger partial charge in [0.1, 0.15) is 11.5 Å². The molecule has 0 bridgehead atoms. The third-order valence-electron chi connectivity index (χ3n) is 3.82. The SMILES string of the molecule is CCOc1ccc(NC(=O)C2CC(=O)N(c3cc(C)on3)C2)cc1. The standard InChI is InChI=1S/C17H19N3O4/c1-3-23-14-6-4-13(5-7-14)18-17(22)12-9-16(21)20(10-12)15-8-11(2)24-19-15/h4-8,12H,3,9-10H2,1-2H3,(H,18,22). The molecular weight excluding hydrogens is 310 g/mol. The molecule has 1 N–H and O–H groups in total. The average molecular weight is 329 g/mol. The highest BCUT2D eigenvalue weighted by Gasteiger charge is 2.36. The van der Waals surface area contributed by atoms with Crippen molar-refractivity contribution in [2.24, 2.45) is 5.92 Å². The van der Waals surface area contributed by atoms with Gasteiger partial charge in [0.15, 0.2) is 5.82 Å². The number of aryl methyl sites for hydroxylation is 1. The van der Waals surface area contributed by atoms with Crippen LogP contribution in [0.3, 0.4) is 0 Å². The fourth-order valence-corrected chi connectivity index (χ4v) is 2.63. The summed E-state index contributed by atoms with van der Waals surface area (Å²) in [5.74, 6) is 1.10. The zero-order valence-corrected chi connectivity index (χ0v) is 13.6. The second-order valence-corrected chi connectivity index (χ2v) is 5.65. The zero-order valence-electron chi connectivity index (χ0n) is 13.6. The van der Waals surface area contributed by atoms with Crippen molar-refractivity contribution in [3.63, 3.8) is 0 Å². The Balaban J connectivity index is 1.62. The first-order chi connectivity index (χ1) is 11.6. The Morgan fingerprint density at radius 3 is 2.79 bits per heavy atom. The molecule has 1 aromatic heterocycles. The van der Waals surface area contributed by atoms with Gasteiger partial charge in [-0.05, 0) is 38.1 Å². The first-order valence-electron chi connectivity index (χ1n) is 7.84. The second-order valence-electron chi connectivity index (χ2n) is 5.65. The minimum atomic E-state index is -0.416. The maximum atomic E-state index is 12.4. The van der Waals surface area contributed by atoms with Crippen molar-refractivity contribution in [2.45, 2.75) is 20.3 Å². The second kappa shape index (κ2) is 6.74. The first-order valence-corrected chi connectivity index (χ1v) is 7.84. The van der Waals surface area contributed by atoms with Gasteiger partial charge in [0, 0.05) is 24.7 Å². The molecule has 3 rings (SSSR count). The van der Waals surface area contributed by atoms with E-state index in [-0.39, 0.29) is 18.2 Å². The fourth-order valence-electron chi connectivity index (χ4n) is 2.63. The summed E-state index contributed by atoms with van der Waals surface area (Å²) >= 11 is 0. The van der Waals surface area contributed by atoms with Crippen LogP contribution in [0.25, 0.3) is 0 Å². The van der Waals surface area contributed by atoms with Gasteiger partial charge >= 0.3 is 0 Å². The highest BCUT2D eigenvalue weighted by atomic mass is 16.5. The van der Waals surface area contributed by atoms with Crippen molar-refractivity contribution >= 4 is 23.3 Å². The van der Waals surface area contributed by atoms with E-state index >= 15 is 0 Å². The quantitative estimate of drug-likeness (QED) is 0.910. The van der Waals surface area contributed by atoms with Crippen molar-refractivity contribution < 1.29 is 18.8 Å². The number of benzene rings is 1. The maximum absolute atomic E-state index is 12.4. The predicted molar refractivity (Wildman–Crippen MR) is 87.9 cm³/mol. The molecule has 1 saturated heterocycles. The van der Waals surface area contributed by atoms with Crippen molar-refractivity contribution in [1.82, 2.24) is 5.16 Å². The van der Waals surface area contributed by atoms with E-state index in [9.17, 15) is 9.59 Å². The van der Waals surface area contributed by atoms with Crippen LogP contribution in [0.15, 0.2) is 34.9 Å². The number of anilines is 2. The lowest BCUT2D eigenvalue weighted by Gasteiger charge is -2.13.